The number of nitrogens with zero attached hydrogens (tertiary/aromatic N) is 2. The summed E-state index contributed by atoms with van der Waals surface area (Å²) in [4.78, 5) is 40.9. The van der Waals surface area contributed by atoms with Crippen LogP contribution in [0.1, 0.15) is 31.2 Å². The Hall–Kier alpha value is -3.27. The number of anilines is 3. The van der Waals surface area contributed by atoms with Crippen LogP contribution in [0.3, 0.4) is 0 Å². The van der Waals surface area contributed by atoms with Crippen molar-refractivity contribution in [3.05, 3.63) is 54.1 Å². The summed E-state index contributed by atoms with van der Waals surface area (Å²) >= 11 is 0. The van der Waals surface area contributed by atoms with E-state index in [0.717, 1.165) is 18.4 Å². The quantitative estimate of drug-likeness (QED) is 0.517. The van der Waals surface area contributed by atoms with Crippen LogP contribution in [0, 0.1) is 0 Å². The van der Waals surface area contributed by atoms with Crippen molar-refractivity contribution in [3.8, 4) is 0 Å². The molecule has 0 bridgehead atoms. The Kier molecular flexibility index (Phi) is 9.57. The Balaban J connectivity index is 1.65. The molecule has 1 aliphatic rings. The zero-order valence-electron chi connectivity index (χ0n) is 19.2. The summed E-state index contributed by atoms with van der Waals surface area (Å²) < 4.78 is 5.37. The highest BCUT2D eigenvalue weighted by molar-refractivity contribution is 5.99. The van der Waals surface area contributed by atoms with Crippen molar-refractivity contribution in [2.24, 2.45) is 5.73 Å². The summed E-state index contributed by atoms with van der Waals surface area (Å²) in [6.45, 7) is 1.45. The van der Waals surface area contributed by atoms with Crippen molar-refractivity contribution in [2.75, 3.05) is 48.0 Å². The molecule has 0 saturated carbocycles. The number of aliphatic hydroxyl groups is 1. The standard InChI is InChI=1S/C25H32N4O5/c26-17-19-6-8-20(9-7-19)27-23(31)10-11-24(32)29(13-14-30)22-5-3-4-21(16-22)28-12-1-2-15-34-18-25(28)33/h3-9,16,30H,1-2,10-15,17-18,26H2,(H,27,31). The van der Waals surface area contributed by atoms with E-state index >= 15 is 0 Å². The zero-order valence-corrected chi connectivity index (χ0v) is 19.2. The van der Waals surface area contributed by atoms with E-state index < -0.39 is 0 Å². The number of hydrogen-bond donors (Lipinski definition) is 3. The smallest absolute Gasteiger partial charge is 0.252 e. The average molecular weight is 469 g/mol. The Morgan fingerprint density at radius 3 is 2.65 bits per heavy atom. The van der Waals surface area contributed by atoms with E-state index in [-0.39, 0.29) is 50.3 Å². The number of benzene rings is 2. The first kappa shape index (κ1) is 25.4. The summed E-state index contributed by atoms with van der Waals surface area (Å²) in [5, 5.41) is 12.3. The summed E-state index contributed by atoms with van der Waals surface area (Å²) in [5.74, 6) is -0.701. The van der Waals surface area contributed by atoms with Gasteiger partial charge in [-0.3, -0.25) is 14.4 Å². The number of amides is 3. The van der Waals surface area contributed by atoms with E-state index in [4.69, 9.17) is 10.5 Å². The lowest BCUT2D eigenvalue weighted by atomic mass is 10.1. The van der Waals surface area contributed by atoms with Crippen LogP contribution in [0.4, 0.5) is 17.1 Å². The number of carbonyl (C=O) groups excluding carboxylic acids is 3. The van der Waals surface area contributed by atoms with Gasteiger partial charge in [0.2, 0.25) is 11.8 Å². The van der Waals surface area contributed by atoms with Crippen LogP contribution in [0.2, 0.25) is 0 Å². The van der Waals surface area contributed by atoms with Gasteiger partial charge in [-0.2, -0.15) is 0 Å². The second kappa shape index (κ2) is 12.8. The lowest BCUT2D eigenvalue weighted by Crippen LogP contribution is -2.37. The van der Waals surface area contributed by atoms with Crippen LogP contribution in [-0.2, 0) is 25.7 Å². The summed E-state index contributed by atoms with van der Waals surface area (Å²) in [6, 6.07) is 14.3. The van der Waals surface area contributed by atoms with E-state index in [0.29, 0.717) is 36.8 Å². The minimum atomic E-state index is -0.290. The van der Waals surface area contributed by atoms with Gasteiger partial charge < -0.3 is 30.7 Å². The molecule has 2 aromatic rings. The highest BCUT2D eigenvalue weighted by atomic mass is 16.5. The highest BCUT2D eigenvalue weighted by Gasteiger charge is 2.21. The predicted molar refractivity (Wildman–Crippen MR) is 130 cm³/mol. The van der Waals surface area contributed by atoms with Gasteiger partial charge in [-0.25, -0.2) is 0 Å². The summed E-state index contributed by atoms with van der Waals surface area (Å²) in [6.07, 6.45) is 1.67. The number of carbonyl (C=O) groups is 3. The lowest BCUT2D eigenvalue weighted by Gasteiger charge is -2.27. The van der Waals surface area contributed by atoms with E-state index in [2.05, 4.69) is 5.32 Å². The van der Waals surface area contributed by atoms with Gasteiger partial charge in [0, 0.05) is 56.1 Å². The fourth-order valence-corrected chi connectivity index (χ4v) is 3.74. The highest BCUT2D eigenvalue weighted by Crippen LogP contribution is 2.25. The molecule has 182 valence electrons. The van der Waals surface area contributed by atoms with Crippen molar-refractivity contribution in [3.63, 3.8) is 0 Å². The maximum atomic E-state index is 12.9. The molecule has 4 N–H and O–H groups in total. The third-order valence-corrected chi connectivity index (χ3v) is 5.56. The van der Waals surface area contributed by atoms with E-state index in [1.807, 2.05) is 18.2 Å². The molecule has 0 aliphatic carbocycles. The molecule has 2 aromatic carbocycles. The average Bonchev–Trinajstić information content (AvgIpc) is 2.84. The third kappa shape index (κ3) is 7.11. The molecule has 1 fully saturated rings. The van der Waals surface area contributed by atoms with Crippen molar-refractivity contribution >= 4 is 34.8 Å². The van der Waals surface area contributed by atoms with E-state index in [1.54, 1.807) is 35.2 Å². The largest absolute Gasteiger partial charge is 0.395 e. The van der Waals surface area contributed by atoms with Crippen LogP contribution >= 0.6 is 0 Å². The number of rotatable bonds is 9. The minimum absolute atomic E-state index is 0.00103. The molecule has 0 spiro atoms. The van der Waals surface area contributed by atoms with Crippen molar-refractivity contribution in [2.45, 2.75) is 32.2 Å². The SMILES string of the molecule is NCc1ccc(NC(=O)CCC(=O)N(CCO)c2cccc(N3CCCCOCC3=O)c2)cc1. The Labute approximate surface area is 199 Å². The monoisotopic (exact) mass is 468 g/mol. The van der Waals surface area contributed by atoms with Crippen molar-refractivity contribution in [1.29, 1.82) is 0 Å². The first-order chi connectivity index (χ1) is 16.5. The number of nitrogens with two attached hydrogens (primary N) is 1. The molecule has 1 aliphatic heterocycles. The molecule has 0 atom stereocenters. The molecule has 9 nitrogen and oxygen atoms in total. The van der Waals surface area contributed by atoms with Crippen LogP contribution in [-0.4, -0.2) is 55.7 Å². The van der Waals surface area contributed by atoms with E-state index in [9.17, 15) is 19.5 Å². The molecule has 1 heterocycles. The van der Waals surface area contributed by atoms with Gasteiger partial charge in [0.05, 0.1) is 6.61 Å². The maximum Gasteiger partial charge on any atom is 0.252 e. The second-order valence-electron chi connectivity index (χ2n) is 8.04. The van der Waals surface area contributed by atoms with Crippen LogP contribution in [0.5, 0.6) is 0 Å². The molecule has 0 radical (unpaired) electrons. The molecule has 3 amide bonds. The summed E-state index contributed by atoms with van der Waals surface area (Å²) in [7, 11) is 0. The molecular formula is C25H32N4O5. The fourth-order valence-electron chi connectivity index (χ4n) is 3.74. The topological polar surface area (TPSA) is 125 Å². The normalized spacial score (nSPS) is 14.3. The molecule has 0 unspecified atom stereocenters. The molecule has 0 aromatic heterocycles. The van der Waals surface area contributed by atoms with Gasteiger partial charge in [-0.05, 0) is 48.7 Å². The van der Waals surface area contributed by atoms with Gasteiger partial charge in [0.25, 0.3) is 5.91 Å². The van der Waals surface area contributed by atoms with E-state index in [1.165, 1.54) is 4.90 Å². The van der Waals surface area contributed by atoms with Crippen LogP contribution in [0.25, 0.3) is 0 Å². The fraction of sp³-hybridized carbons (Fsp3) is 0.400. The molecule has 3 rings (SSSR count). The Morgan fingerprint density at radius 2 is 1.91 bits per heavy atom. The lowest BCUT2D eigenvalue weighted by molar-refractivity contribution is -0.123. The zero-order chi connectivity index (χ0) is 24.3. The van der Waals surface area contributed by atoms with Crippen LogP contribution < -0.4 is 20.9 Å². The molecule has 1 saturated heterocycles. The number of aliphatic hydroxyl groups excluding tert-OH is 1. The number of nitrogens with one attached hydrogen (secondary N) is 1. The predicted octanol–water partition coefficient (Wildman–Crippen LogP) is 2.03. The first-order valence-corrected chi connectivity index (χ1v) is 11.5. The van der Waals surface area contributed by atoms with Crippen molar-refractivity contribution in [1.82, 2.24) is 0 Å². The number of hydrogen-bond acceptors (Lipinski definition) is 6. The van der Waals surface area contributed by atoms with Gasteiger partial charge in [0.1, 0.15) is 6.61 Å². The Bertz CT molecular complexity index is 980. The van der Waals surface area contributed by atoms with Crippen LogP contribution in [0.15, 0.2) is 48.5 Å². The van der Waals surface area contributed by atoms with Gasteiger partial charge in [-0.1, -0.05) is 18.2 Å². The minimum Gasteiger partial charge on any atom is -0.395 e. The van der Waals surface area contributed by atoms with Crippen molar-refractivity contribution < 1.29 is 24.2 Å². The molecule has 9 heteroatoms. The molecular weight excluding hydrogens is 436 g/mol. The maximum absolute atomic E-state index is 12.9. The number of ether oxygens (including phenoxy) is 1. The van der Waals surface area contributed by atoms with Gasteiger partial charge >= 0.3 is 0 Å². The van der Waals surface area contributed by atoms with Gasteiger partial charge in [-0.15, -0.1) is 0 Å². The third-order valence-electron chi connectivity index (χ3n) is 5.56. The van der Waals surface area contributed by atoms with Gasteiger partial charge in [0.15, 0.2) is 0 Å². The Morgan fingerprint density at radius 1 is 1.12 bits per heavy atom. The first-order valence-electron chi connectivity index (χ1n) is 11.5. The summed E-state index contributed by atoms with van der Waals surface area (Å²) in [5.41, 5.74) is 8.41. The molecule has 34 heavy (non-hydrogen) atoms. The second-order valence-corrected chi connectivity index (χ2v) is 8.04.